The fourth-order valence-corrected chi connectivity index (χ4v) is 3.59. The first kappa shape index (κ1) is 22.5. The molecule has 0 unspecified atom stereocenters. The van der Waals surface area contributed by atoms with Gasteiger partial charge >= 0.3 is 0 Å². The van der Waals surface area contributed by atoms with E-state index in [9.17, 15) is 4.79 Å². The number of aryl methyl sites for hydroxylation is 1. The summed E-state index contributed by atoms with van der Waals surface area (Å²) in [6.45, 7) is 6.16. The maximum Gasteiger partial charge on any atom is 0.248 e. The number of amides is 1. The number of methoxy groups -OCH3 is 3. The highest BCUT2D eigenvalue weighted by molar-refractivity contribution is 6.02. The minimum absolute atomic E-state index is 0.204. The van der Waals surface area contributed by atoms with E-state index in [-0.39, 0.29) is 5.91 Å². The maximum absolute atomic E-state index is 12.5. The van der Waals surface area contributed by atoms with Crippen molar-refractivity contribution in [2.75, 3.05) is 64.8 Å². The van der Waals surface area contributed by atoms with Gasteiger partial charge in [0.25, 0.3) is 0 Å². The highest BCUT2D eigenvalue weighted by atomic mass is 16.5. The zero-order chi connectivity index (χ0) is 22.4. The number of hydrogen-bond acceptors (Lipinski definition) is 6. The van der Waals surface area contributed by atoms with Gasteiger partial charge in [-0.05, 0) is 61.5 Å². The first-order valence-electron chi connectivity index (χ1n) is 10.3. The van der Waals surface area contributed by atoms with Crippen LogP contribution in [0.15, 0.2) is 36.4 Å². The molecule has 2 aromatic carbocycles. The normalized spacial score (nSPS) is 14.5. The van der Waals surface area contributed by atoms with Crippen molar-refractivity contribution in [1.29, 1.82) is 0 Å². The Kier molecular flexibility index (Phi) is 7.41. The van der Waals surface area contributed by atoms with Crippen LogP contribution in [-0.4, -0.2) is 65.4 Å². The Morgan fingerprint density at radius 3 is 2.16 bits per heavy atom. The van der Waals surface area contributed by atoms with Crippen molar-refractivity contribution in [3.8, 4) is 17.2 Å². The molecule has 0 aliphatic carbocycles. The second kappa shape index (κ2) is 10.2. The average Bonchev–Trinajstić information content (AvgIpc) is 2.78. The lowest BCUT2D eigenvalue weighted by Gasteiger charge is -2.34. The molecule has 0 bridgehead atoms. The Morgan fingerprint density at radius 2 is 1.61 bits per heavy atom. The summed E-state index contributed by atoms with van der Waals surface area (Å²) >= 11 is 0. The van der Waals surface area contributed by atoms with Crippen molar-refractivity contribution in [1.82, 2.24) is 4.90 Å². The van der Waals surface area contributed by atoms with Gasteiger partial charge in [0, 0.05) is 43.6 Å². The van der Waals surface area contributed by atoms with Crippen molar-refractivity contribution in [2.24, 2.45) is 0 Å². The van der Waals surface area contributed by atoms with Crippen molar-refractivity contribution in [2.45, 2.75) is 6.92 Å². The topological polar surface area (TPSA) is 63.3 Å². The number of likely N-dealkylation sites (N-methyl/N-ethyl adjacent to an activating group) is 1. The SMILES string of the molecule is COc1cc(/C=C/C(=O)Nc2ccc(N3CCN(C)CC3)cc2C)cc(OC)c1OC. The number of rotatable bonds is 7. The van der Waals surface area contributed by atoms with Crippen LogP contribution in [0, 0.1) is 6.92 Å². The van der Waals surface area contributed by atoms with Crippen molar-refractivity contribution in [3.63, 3.8) is 0 Å². The summed E-state index contributed by atoms with van der Waals surface area (Å²) in [6.07, 6.45) is 3.21. The van der Waals surface area contributed by atoms with E-state index >= 15 is 0 Å². The van der Waals surface area contributed by atoms with Crippen LogP contribution >= 0.6 is 0 Å². The van der Waals surface area contributed by atoms with Gasteiger partial charge in [-0.1, -0.05) is 0 Å². The zero-order valence-electron chi connectivity index (χ0n) is 18.9. The lowest BCUT2D eigenvalue weighted by atomic mass is 10.1. The van der Waals surface area contributed by atoms with E-state index < -0.39 is 0 Å². The van der Waals surface area contributed by atoms with Gasteiger partial charge in [0.1, 0.15) is 0 Å². The van der Waals surface area contributed by atoms with Crippen LogP contribution < -0.4 is 24.4 Å². The van der Waals surface area contributed by atoms with Crippen molar-refractivity contribution < 1.29 is 19.0 Å². The summed E-state index contributed by atoms with van der Waals surface area (Å²) in [5.74, 6) is 1.39. The highest BCUT2D eigenvalue weighted by Gasteiger charge is 2.15. The molecule has 0 atom stereocenters. The maximum atomic E-state index is 12.5. The molecule has 0 spiro atoms. The number of hydrogen-bond donors (Lipinski definition) is 1. The number of nitrogens with one attached hydrogen (secondary N) is 1. The molecular weight excluding hydrogens is 394 g/mol. The summed E-state index contributed by atoms with van der Waals surface area (Å²) < 4.78 is 16.0. The number of piperazine rings is 1. The average molecular weight is 426 g/mol. The van der Waals surface area contributed by atoms with Gasteiger partial charge in [0.15, 0.2) is 11.5 Å². The summed E-state index contributed by atoms with van der Waals surface area (Å²) in [7, 11) is 6.83. The molecule has 1 aliphatic heterocycles. The Bertz CT molecular complexity index is 925. The Labute approximate surface area is 184 Å². The molecule has 0 radical (unpaired) electrons. The van der Waals surface area contributed by atoms with E-state index in [4.69, 9.17) is 14.2 Å². The number of carbonyl (C=O) groups excluding carboxylic acids is 1. The predicted molar refractivity (Wildman–Crippen MR) is 125 cm³/mol. The van der Waals surface area contributed by atoms with Crippen LogP contribution in [0.1, 0.15) is 11.1 Å². The third-order valence-electron chi connectivity index (χ3n) is 5.45. The van der Waals surface area contributed by atoms with Crippen LogP contribution in [0.25, 0.3) is 6.08 Å². The fraction of sp³-hybridized carbons (Fsp3) is 0.375. The molecule has 3 rings (SSSR count). The third kappa shape index (κ3) is 5.49. The Morgan fingerprint density at radius 1 is 0.968 bits per heavy atom. The third-order valence-corrected chi connectivity index (χ3v) is 5.45. The van der Waals surface area contributed by atoms with Gasteiger partial charge in [-0.2, -0.15) is 0 Å². The standard InChI is InChI=1S/C24H31N3O4/c1-17-14-19(27-12-10-26(2)11-13-27)7-8-20(17)25-23(28)9-6-18-15-21(29-3)24(31-5)22(16-18)30-4/h6-9,14-16H,10-13H2,1-5H3,(H,25,28)/b9-6+. The Hall–Kier alpha value is -3.19. The number of ether oxygens (including phenoxy) is 3. The van der Waals surface area contributed by atoms with Gasteiger partial charge in [-0.15, -0.1) is 0 Å². The summed E-state index contributed by atoms with van der Waals surface area (Å²) in [5, 5.41) is 2.96. The molecular formula is C24H31N3O4. The predicted octanol–water partition coefficient (Wildman–Crippen LogP) is 3.42. The van der Waals surface area contributed by atoms with E-state index in [1.165, 1.54) is 11.8 Å². The molecule has 7 nitrogen and oxygen atoms in total. The molecule has 31 heavy (non-hydrogen) atoms. The van der Waals surface area contributed by atoms with Crippen LogP contribution in [-0.2, 0) is 4.79 Å². The first-order valence-corrected chi connectivity index (χ1v) is 10.3. The summed E-state index contributed by atoms with van der Waals surface area (Å²) in [6, 6.07) is 9.75. The monoisotopic (exact) mass is 425 g/mol. The number of carbonyl (C=O) groups is 1. The zero-order valence-corrected chi connectivity index (χ0v) is 18.9. The minimum Gasteiger partial charge on any atom is -0.493 e. The molecule has 1 N–H and O–H groups in total. The van der Waals surface area contributed by atoms with E-state index in [2.05, 4.69) is 34.3 Å². The quantitative estimate of drug-likeness (QED) is 0.686. The molecule has 1 aliphatic rings. The second-order valence-electron chi connectivity index (χ2n) is 7.57. The van der Waals surface area contributed by atoms with Gasteiger partial charge in [0.2, 0.25) is 11.7 Å². The largest absolute Gasteiger partial charge is 0.493 e. The Balaban J connectivity index is 1.68. The number of anilines is 2. The molecule has 1 heterocycles. The smallest absolute Gasteiger partial charge is 0.248 e. The number of benzene rings is 2. The van der Waals surface area contributed by atoms with Crippen LogP contribution in [0.3, 0.4) is 0 Å². The van der Waals surface area contributed by atoms with E-state index in [0.717, 1.165) is 43.0 Å². The fourth-order valence-electron chi connectivity index (χ4n) is 3.59. The van der Waals surface area contributed by atoms with E-state index in [1.807, 2.05) is 13.0 Å². The van der Waals surface area contributed by atoms with Crippen LogP contribution in [0.4, 0.5) is 11.4 Å². The van der Waals surface area contributed by atoms with Gasteiger partial charge in [-0.25, -0.2) is 0 Å². The first-order chi connectivity index (χ1) is 14.9. The highest BCUT2D eigenvalue weighted by Crippen LogP contribution is 2.38. The molecule has 2 aromatic rings. The lowest BCUT2D eigenvalue weighted by molar-refractivity contribution is -0.111. The molecule has 166 valence electrons. The molecule has 1 amide bonds. The summed E-state index contributed by atoms with van der Waals surface area (Å²) in [4.78, 5) is 17.2. The second-order valence-corrected chi connectivity index (χ2v) is 7.57. The van der Waals surface area contributed by atoms with Gasteiger partial charge < -0.3 is 29.3 Å². The van der Waals surface area contributed by atoms with Crippen molar-refractivity contribution in [3.05, 3.63) is 47.5 Å². The van der Waals surface area contributed by atoms with Crippen LogP contribution in [0.2, 0.25) is 0 Å². The minimum atomic E-state index is -0.204. The number of nitrogens with zero attached hydrogens (tertiary/aromatic N) is 2. The van der Waals surface area contributed by atoms with Gasteiger partial charge in [0.05, 0.1) is 21.3 Å². The lowest BCUT2D eigenvalue weighted by Crippen LogP contribution is -2.44. The molecule has 0 aromatic heterocycles. The molecule has 1 fully saturated rings. The van der Waals surface area contributed by atoms with E-state index in [1.54, 1.807) is 39.5 Å². The molecule has 0 saturated carbocycles. The molecule has 1 saturated heterocycles. The van der Waals surface area contributed by atoms with Gasteiger partial charge in [-0.3, -0.25) is 4.79 Å². The van der Waals surface area contributed by atoms with Crippen molar-refractivity contribution >= 4 is 23.4 Å². The molecule has 7 heteroatoms. The van der Waals surface area contributed by atoms with Crippen LogP contribution in [0.5, 0.6) is 17.2 Å². The summed E-state index contributed by atoms with van der Waals surface area (Å²) in [5.41, 5.74) is 3.80. The van der Waals surface area contributed by atoms with E-state index in [0.29, 0.717) is 17.2 Å².